The molecule has 1 aromatic rings. The molecule has 0 radical (unpaired) electrons. The molecule has 4 heteroatoms. The standard InChI is InChI=1S/C18H25NO3/c1-3-9-18(14-20)10-6-11-19(13-18)17(21)12-15-7-4-5-8-16(15)22-2/h3-5,7-8,20H,1,6,9-14H2,2H3/t18-/m1/s1. The molecule has 4 nitrogen and oxygen atoms in total. The second kappa shape index (κ2) is 7.45. The second-order valence-electron chi connectivity index (χ2n) is 6.06. The van der Waals surface area contributed by atoms with Crippen molar-refractivity contribution in [2.75, 3.05) is 26.8 Å². The number of ether oxygens (including phenoxy) is 1. The highest BCUT2D eigenvalue weighted by molar-refractivity contribution is 5.79. The third kappa shape index (κ3) is 3.69. The molecule has 1 aliphatic rings. The molecule has 22 heavy (non-hydrogen) atoms. The highest BCUT2D eigenvalue weighted by Gasteiger charge is 2.35. The van der Waals surface area contributed by atoms with Gasteiger partial charge in [-0.1, -0.05) is 24.3 Å². The van der Waals surface area contributed by atoms with Gasteiger partial charge in [-0.15, -0.1) is 6.58 Å². The van der Waals surface area contributed by atoms with Gasteiger partial charge in [0, 0.05) is 24.1 Å². The van der Waals surface area contributed by atoms with Crippen molar-refractivity contribution in [3.8, 4) is 5.75 Å². The topological polar surface area (TPSA) is 49.8 Å². The van der Waals surface area contributed by atoms with Gasteiger partial charge in [-0.05, 0) is 25.3 Å². The summed E-state index contributed by atoms with van der Waals surface area (Å²) in [6, 6.07) is 7.60. The second-order valence-corrected chi connectivity index (χ2v) is 6.06. The molecule has 1 saturated heterocycles. The van der Waals surface area contributed by atoms with Crippen LogP contribution < -0.4 is 4.74 Å². The summed E-state index contributed by atoms with van der Waals surface area (Å²) < 4.78 is 5.31. The monoisotopic (exact) mass is 303 g/mol. The number of allylic oxidation sites excluding steroid dienone is 1. The molecule has 0 spiro atoms. The van der Waals surface area contributed by atoms with Crippen LogP contribution in [0.1, 0.15) is 24.8 Å². The van der Waals surface area contributed by atoms with E-state index in [9.17, 15) is 9.90 Å². The fraction of sp³-hybridized carbons (Fsp3) is 0.500. The van der Waals surface area contributed by atoms with E-state index in [0.29, 0.717) is 13.0 Å². The van der Waals surface area contributed by atoms with Crippen LogP contribution in [0.5, 0.6) is 5.75 Å². The average molecular weight is 303 g/mol. The minimum absolute atomic E-state index is 0.0890. The molecule has 0 unspecified atom stereocenters. The summed E-state index contributed by atoms with van der Waals surface area (Å²) >= 11 is 0. The maximum absolute atomic E-state index is 12.6. The first-order valence-corrected chi connectivity index (χ1v) is 7.75. The molecule has 1 atom stereocenters. The summed E-state index contributed by atoms with van der Waals surface area (Å²) in [5.41, 5.74) is 0.676. The Hall–Kier alpha value is -1.81. The number of amides is 1. The van der Waals surface area contributed by atoms with Crippen LogP contribution in [-0.2, 0) is 11.2 Å². The molecule has 0 aromatic heterocycles. The van der Waals surface area contributed by atoms with E-state index in [1.165, 1.54) is 0 Å². The summed E-state index contributed by atoms with van der Waals surface area (Å²) in [5, 5.41) is 9.74. The molecule has 1 heterocycles. The number of nitrogens with zero attached hydrogens (tertiary/aromatic N) is 1. The fourth-order valence-electron chi connectivity index (χ4n) is 3.21. The van der Waals surface area contributed by atoms with E-state index in [1.807, 2.05) is 35.2 Å². The molecule has 0 saturated carbocycles. The maximum Gasteiger partial charge on any atom is 0.227 e. The van der Waals surface area contributed by atoms with Gasteiger partial charge in [0.1, 0.15) is 5.75 Å². The van der Waals surface area contributed by atoms with Crippen LogP contribution in [0.2, 0.25) is 0 Å². The molecule has 120 valence electrons. The molecule has 0 bridgehead atoms. The quantitative estimate of drug-likeness (QED) is 0.821. The Morgan fingerprint density at radius 3 is 2.95 bits per heavy atom. The van der Waals surface area contributed by atoms with Crippen molar-refractivity contribution >= 4 is 5.91 Å². The zero-order chi connectivity index (χ0) is 16.0. The molecular weight excluding hydrogens is 278 g/mol. The van der Waals surface area contributed by atoms with Gasteiger partial charge in [0.2, 0.25) is 5.91 Å². The van der Waals surface area contributed by atoms with Gasteiger partial charge in [0.25, 0.3) is 0 Å². The van der Waals surface area contributed by atoms with E-state index in [2.05, 4.69) is 6.58 Å². The van der Waals surface area contributed by atoms with Crippen molar-refractivity contribution < 1.29 is 14.6 Å². The Bertz CT molecular complexity index is 529. The number of carbonyl (C=O) groups is 1. The van der Waals surface area contributed by atoms with Gasteiger partial charge in [-0.2, -0.15) is 0 Å². The first-order chi connectivity index (χ1) is 10.6. The minimum atomic E-state index is -0.226. The molecule has 0 aliphatic carbocycles. The number of piperidine rings is 1. The normalized spacial score (nSPS) is 21.5. The number of benzene rings is 1. The molecule has 1 aromatic carbocycles. The van der Waals surface area contributed by atoms with Crippen molar-refractivity contribution in [1.29, 1.82) is 0 Å². The highest BCUT2D eigenvalue weighted by Crippen LogP contribution is 2.33. The van der Waals surface area contributed by atoms with Crippen molar-refractivity contribution in [3.05, 3.63) is 42.5 Å². The lowest BCUT2D eigenvalue weighted by atomic mass is 9.77. The Morgan fingerprint density at radius 1 is 1.50 bits per heavy atom. The number of carbonyl (C=O) groups excluding carboxylic acids is 1. The number of para-hydroxylation sites is 1. The van der Waals surface area contributed by atoms with E-state index < -0.39 is 0 Å². The number of hydrogen-bond acceptors (Lipinski definition) is 3. The van der Waals surface area contributed by atoms with Gasteiger partial charge in [0.15, 0.2) is 0 Å². The zero-order valence-corrected chi connectivity index (χ0v) is 13.3. The Kier molecular flexibility index (Phi) is 5.61. The van der Waals surface area contributed by atoms with Crippen molar-refractivity contribution in [2.24, 2.45) is 5.41 Å². The summed E-state index contributed by atoms with van der Waals surface area (Å²) in [6.07, 6.45) is 4.77. The first-order valence-electron chi connectivity index (χ1n) is 7.75. The van der Waals surface area contributed by atoms with Gasteiger partial charge < -0.3 is 14.7 Å². The minimum Gasteiger partial charge on any atom is -0.496 e. The van der Waals surface area contributed by atoms with E-state index in [0.717, 1.165) is 37.1 Å². The summed E-state index contributed by atoms with van der Waals surface area (Å²) in [6.45, 7) is 5.23. The van der Waals surface area contributed by atoms with Crippen LogP contribution in [0.25, 0.3) is 0 Å². The third-order valence-electron chi connectivity index (χ3n) is 4.46. The van der Waals surface area contributed by atoms with Crippen molar-refractivity contribution in [3.63, 3.8) is 0 Å². The van der Waals surface area contributed by atoms with Crippen LogP contribution in [0.3, 0.4) is 0 Å². The number of methoxy groups -OCH3 is 1. The largest absolute Gasteiger partial charge is 0.496 e. The van der Waals surface area contributed by atoms with Gasteiger partial charge in [0.05, 0.1) is 20.1 Å². The number of aliphatic hydroxyl groups excluding tert-OH is 1. The van der Waals surface area contributed by atoms with E-state index in [4.69, 9.17) is 4.74 Å². The van der Waals surface area contributed by atoms with Crippen molar-refractivity contribution in [2.45, 2.75) is 25.7 Å². The Balaban J connectivity index is 2.07. The third-order valence-corrected chi connectivity index (χ3v) is 4.46. The maximum atomic E-state index is 12.6. The Labute approximate surface area is 132 Å². The molecule has 1 fully saturated rings. The van der Waals surface area contributed by atoms with Gasteiger partial charge >= 0.3 is 0 Å². The molecule has 1 amide bonds. The van der Waals surface area contributed by atoms with Gasteiger partial charge in [-0.25, -0.2) is 0 Å². The summed E-state index contributed by atoms with van der Waals surface area (Å²) in [4.78, 5) is 14.5. The van der Waals surface area contributed by atoms with E-state index >= 15 is 0 Å². The SMILES string of the molecule is C=CC[C@@]1(CO)CCCN(C(=O)Cc2ccccc2OC)C1. The Morgan fingerprint density at radius 2 is 2.27 bits per heavy atom. The number of aliphatic hydroxyl groups is 1. The summed E-state index contributed by atoms with van der Waals surface area (Å²) in [5.74, 6) is 0.832. The predicted octanol–water partition coefficient (Wildman–Crippen LogP) is 2.41. The lowest BCUT2D eigenvalue weighted by molar-refractivity contribution is -0.134. The first kappa shape index (κ1) is 16.6. The van der Waals surface area contributed by atoms with Crippen LogP contribution >= 0.6 is 0 Å². The van der Waals surface area contributed by atoms with Crippen molar-refractivity contribution in [1.82, 2.24) is 4.90 Å². The van der Waals surface area contributed by atoms with Crippen LogP contribution in [0.15, 0.2) is 36.9 Å². The number of hydrogen-bond donors (Lipinski definition) is 1. The number of rotatable bonds is 6. The van der Waals surface area contributed by atoms with Crippen LogP contribution in [0.4, 0.5) is 0 Å². The fourth-order valence-corrected chi connectivity index (χ4v) is 3.21. The van der Waals surface area contributed by atoms with Crippen LogP contribution in [0, 0.1) is 5.41 Å². The summed E-state index contributed by atoms with van der Waals surface area (Å²) in [7, 11) is 1.62. The lowest BCUT2D eigenvalue weighted by Gasteiger charge is -2.41. The van der Waals surface area contributed by atoms with Crippen LogP contribution in [-0.4, -0.2) is 42.7 Å². The average Bonchev–Trinajstić information content (AvgIpc) is 2.56. The smallest absolute Gasteiger partial charge is 0.227 e. The van der Waals surface area contributed by atoms with E-state index in [-0.39, 0.29) is 17.9 Å². The number of likely N-dealkylation sites (tertiary alicyclic amines) is 1. The van der Waals surface area contributed by atoms with E-state index in [1.54, 1.807) is 7.11 Å². The zero-order valence-electron chi connectivity index (χ0n) is 13.3. The predicted molar refractivity (Wildman–Crippen MR) is 86.8 cm³/mol. The highest BCUT2D eigenvalue weighted by atomic mass is 16.5. The molecule has 2 rings (SSSR count). The molecule has 1 N–H and O–H groups in total. The van der Waals surface area contributed by atoms with Gasteiger partial charge in [-0.3, -0.25) is 4.79 Å². The molecule has 1 aliphatic heterocycles. The molecular formula is C18H25NO3. The lowest BCUT2D eigenvalue weighted by Crippen LogP contribution is -2.48.